The quantitative estimate of drug-likeness (QED) is 0.722. The molecule has 3 unspecified atom stereocenters. The van der Waals surface area contributed by atoms with Crippen molar-refractivity contribution in [2.45, 2.75) is 25.2 Å². The Hall–Kier alpha value is -2.45. The molecule has 0 amide bonds. The molecule has 4 nitrogen and oxygen atoms in total. The van der Waals surface area contributed by atoms with Crippen molar-refractivity contribution in [3.63, 3.8) is 0 Å². The van der Waals surface area contributed by atoms with Gasteiger partial charge in [0.15, 0.2) is 17.3 Å². The van der Waals surface area contributed by atoms with Crippen LogP contribution in [-0.2, 0) is 4.79 Å². The number of nitriles is 1. The molecule has 0 aliphatic heterocycles. The van der Waals surface area contributed by atoms with Gasteiger partial charge in [-0.2, -0.15) is 5.26 Å². The molecule has 3 atom stereocenters. The van der Waals surface area contributed by atoms with Crippen LogP contribution in [0.25, 0.3) is 11.1 Å². The van der Waals surface area contributed by atoms with E-state index in [1.807, 2.05) is 18.2 Å². The molecule has 114 valence electrons. The van der Waals surface area contributed by atoms with Gasteiger partial charge in [0.2, 0.25) is 5.89 Å². The van der Waals surface area contributed by atoms with Crippen LogP contribution in [0.4, 0.5) is 0 Å². The van der Waals surface area contributed by atoms with Gasteiger partial charge in [0.25, 0.3) is 0 Å². The summed E-state index contributed by atoms with van der Waals surface area (Å²) in [6, 6.07) is 13.5. The highest BCUT2D eigenvalue weighted by Crippen LogP contribution is 2.51. The van der Waals surface area contributed by atoms with E-state index in [9.17, 15) is 10.1 Å². The Bertz CT molecular complexity index is 901. The minimum absolute atomic E-state index is 0.0740. The fourth-order valence-electron chi connectivity index (χ4n) is 2.94. The van der Waals surface area contributed by atoms with Crippen molar-refractivity contribution in [3.8, 4) is 6.07 Å². The number of para-hydroxylation sites is 2. The van der Waals surface area contributed by atoms with Crippen LogP contribution in [-0.4, -0.2) is 10.8 Å². The predicted octanol–water partition coefficient (Wildman–Crippen LogP) is 4.18. The molecule has 0 spiro atoms. The molecule has 3 aromatic rings. The predicted molar refractivity (Wildman–Crippen MR) is 87.3 cm³/mol. The first kappa shape index (κ1) is 14.2. The fraction of sp³-hybridized carbons (Fsp3) is 0.278. The number of hydrogen-bond donors (Lipinski definition) is 0. The highest BCUT2D eigenvalue weighted by molar-refractivity contribution is 7.12. The number of aromatic nitrogens is 1. The van der Waals surface area contributed by atoms with Crippen LogP contribution in [0, 0.1) is 24.2 Å². The molecule has 1 saturated carbocycles. The summed E-state index contributed by atoms with van der Waals surface area (Å²) in [6.45, 7) is 2.06. The van der Waals surface area contributed by atoms with Crippen LogP contribution in [0.2, 0.25) is 0 Å². The monoisotopic (exact) mass is 322 g/mol. The van der Waals surface area contributed by atoms with E-state index in [2.05, 4.69) is 30.1 Å². The third-order valence-electron chi connectivity index (χ3n) is 4.25. The van der Waals surface area contributed by atoms with Crippen molar-refractivity contribution in [1.29, 1.82) is 5.26 Å². The smallest absolute Gasteiger partial charge is 0.220 e. The number of hydrogen-bond acceptors (Lipinski definition) is 5. The van der Waals surface area contributed by atoms with Gasteiger partial charge in [-0.25, -0.2) is 4.98 Å². The third-order valence-corrected chi connectivity index (χ3v) is 5.39. The van der Waals surface area contributed by atoms with Crippen molar-refractivity contribution in [2.75, 3.05) is 0 Å². The molecule has 0 radical (unpaired) electrons. The molecule has 0 saturated heterocycles. The fourth-order valence-corrected chi connectivity index (χ4v) is 4.00. The standard InChI is InChI=1S/C18H14N2O2S/c1-10-6-7-16(23-10)11-8-12(11)17(21)13(9-19)18-20-14-4-2-3-5-15(14)22-18/h2-7,11-13H,8H2,1H3. The zero-order valence-corrected chi connectivity index (χ0v) is 13.3. The molecular weight excluding hydrogens is 308 g/mol. The van der Waals surface area contributed by atoms with Gasteiger partial charge in [0.1, 0.15) is 5.52 Å². The van der Waals surface area contributed by atoms with E-state index < -0.39 is 5.92 Å². The minimum Gasteiger partial charge on any atom is -0.439 e. The summed E-state index contributed by atoms with van der Waals surface area (Å²) in [4.78, 5) is 19.5. The first-order chi connectivity index (χ1) is 11.2. The number of ketones is 1. The first-order valence-electron chi connectivity index (χ1n) is 7.52. The van der Waals surface area contributed by atoms with Crippen molar-refractivity contribution in [1.82, 2.24) is 4.98 Å². The molecular formula is C18H14N2O2S. The van der Waals surface area contributed by atoms with E-state index in [1.165, 1.54) is 9.75 Å². The molecule has 1 aliphatic rings. The van der Waals surface area contributed by atoms with Crippen LogP contribution >= 0.6 is 11.3 Å². The number of nitrogens with zero attached hydrogens (tertiary/aromatic N) is 2. The van der Waals surface area contributed by atoms with E-state index in [-0.39, 0.29) is 23.5 Å². The third kappa shape index (κ3) is 2.45. The molecule has 0 N–H and O–H groups in total. The molecule has 1 aromatic carbocycles. The number of fused-ring (bicyclic) bond motifs is 1. The highest BCUT2D eigenvalue weighted by atomic mass is 32.1. The van der Waals surface area contributed by atoms with E-state index in [4.69, 9.17) is 4.42 Å². The number of oxazole rings is 1. The second-order valence-corrected chi connectivity index (χ2v) is 7.20. The van der Waals surface area contributed by atoms with E-state index in [1.54, 1.807) is 17.4 Å². The summed E-state index contributed by atoms with van der Waals surface area (Å²) in [6.07, 6.45) is 0.817. The van der Waals surface area contributed by atoms with Gasteiger partial charge in [-0.1, -0.05) is 12.1 Å². The summed E-state index contributed by atoms with van der Waals surface area (Å²) in [5, 5.41) is 9.44. The summed E-state index contributed by atoms with van der Waals surface area (Å²) < 4.78 is 5.61. The highest BCUT2D eigenvalue weighted by Gasteiger charge is 2.48. The number of thiophene rings is 1. The maximum Gasteiger partial charge on any atom is 0.220 e. The molecule has 2 aromatic heterocycles. The molecule has 2 heterocycles. The Morgan fingerprint density at radius 3 is 2.91 bits per heavy atom. The van der Waals surface area contributed by atoms with Gasteiger partial charge in [0.05, 0.1) is 6.07 Å². The molecule has 4 rings (SSSR count). The number of Topliss-reactive ketones (excluding diaryl/α,β-unsaturated/α-hetero) is 1. The zero-order valence-electron chi connectivity index (χ0n) is 12.5. The zero-order chi connectivity index (χ0) is 16.0. The topological polar surface area (TPSA) is 66.9 Å². The average molecular weight is 322 g/mol. The first-order valence-corrected chi connectivity index (χ1v) is 8.34. The van der Waals surface area contributed by atoms with Gasteiger partial charge >= 0.3 is 0 Å². The molecule has 5 heteroatoms. The lowest BCUT2D eigenvalue weighted by molar-refractivity contribution is -0.121. The lowest BCUT2D eigenvalue weighted by atomic mass is 10.0. The molecule has 23 heavy (non-hydrogen) atoms. The van der Waals surface area contributed by atoms with E-state index in [0.717, 1.165) is 6.42 Å². The average Bonchev–Trinajstić information content (AvgIpc) is 3.05. The Balaban J connectivity index is 1.58. The van der Waals surface area contributed by atoms with Crippen LogP contribution in [0.1, 0.15) is 33.9 Å². The Labute approximate surface area is 137 Å². The van der Waals surface area contributed by atoms with Crippen molar-refractivity contribution < 1.29 is 9.21 Å². The van der Waals surface area contributed by atoms with Crippen molar-refractivity contribution in [3.05, 3.63) is 52.0 Å². The molecule has 1 aliphatic carbocycles. The van der Waals surface area contributed by atoms with Crippen molar-refractivity contribution >= 4 is 28.2 Å². The number of carbonyl (C=O) groups excluding carboxylic acids is 1. The van der Waals surface area contributed by atoms with Crippen LogP contribution in [0.3, 0.4) is 0 Å². The van der Waals surface area contributed by atoms with Crippen molar-refractivity contribution in [2.24, 2.45) is 5.92 Å². The Morgan fingerprint density at radius 2 is 2.22 bits per heavy atom. The summed E-state index contributed by atoms with van der Waals surface area (Å²) in [5.41, 5.74) is 1.29. The van der Waals surface area contributed by atoms with Gasteiger partial charge in [-0.3, -0.25) is 4.79 Å². The maximum atomic E-state index is 12.7. The van der Waals surface area contributed by atoms with Crippen LogP contribution < -0.4 is 0 Å². The number of carbonyl (C=O) groups is 1. The molecule has 0 bridgehead atoms. The summed E-state index contributed by atoms with van der Waals surface area (Å²) in [5.74, 6) is -0.616. The van der Waals surface area contributed by atoms with E-state index >= 15 is 0 Å². The SMILES string of the molecule is Cc1ccc(C2CC2C(=O)C(C#N)c2nc3ccccc3o2)s1. The van der Waals surface area contributed by atoms with Gasteiger partial charge in [-0.05, 0) is 37.6 Å². The largest absolute Gasteiger partial charge is 0.439 e. The number of rotatable bonds is 4. The summed E-state index contributed by atoms with van der Waals surface area (Å²) >= 11 is 1.72. The van der Waals surface area contributed by atoms with Gasteiger partial charge in [0, 0.05) is 21.6 Å². The van der Waals surface area contributed by atoms with Crippen LogP contribution in [0.5, 0.6) is 0 Å². The van der Waals surface area contributed by atoms with E-state index in [0.29, 0.717) is 11.1 Å². The second-order valence-electron chi connectivity index (χ2n) is 5.88. The van der Waals surface area contributed by atoms with Crippen LogP contribution in [0.15, 0.2) is 40.8 Å². The lowest BCUT2D eigenvalue weighted by Gasteiger charge is -2.03. The number of benzene rings is 1. The Morgan fingerprint density at radius 1 is 1.39 bits per heavy atom. The second kappa shape index (κ2) is 5.32. The minimum atomic E-state index is -0.918. The lowest BCUT2D eigenvalue weighted by Crippen LogP contribution is -2.14. The number of aryl methyl sites for hydroxylation is 1. The summed E-state index contributed by atoms with van der Waals surface area (Å²) in [7, 11) is 0. The maximum absolute atomic E-state index is 12.7. The Kier molecular flexibility index (Phi) is 3.28. The molecule has 1 fully saturated rings. The van der Waals surface area contributed by atoms with Gasteiger partial charge < -0.3 is 4.42 Å². The normalized spacial score (nSPS) is 21.0. The van der Waals surface area contributed by atoms with Gasteiger partial charge in [-0.15, -0.1) is 11.3 Å².